The fraction of sp³-hybridized carbons (Fsp3) is 0.333. The Morgan fingerprint density at radius 1 is 0.889 bits per heavy atom. The molecule has 0 atom stereocenters. The first kappa shape index (κ1) is 28.3. The molecule has 36 heavy (non-hydrogen) atoms. The molecule has 2 rings (SSSR count). The van der Waals surface area contributed by atoms with Gasteiger partial charge in [0.15, 0.2) is 23.0 Å². The lowest BCUT2D eigenvalue weighted by Gasteiger charge is -2.21. The number of carbonyl (C=O) groups excluding carboxylic acids is 2. The summed E-state index contributed by atoms with van der Waals surface area (Å²) in [4.78, 5) is 26.7. The van der Waals surface area contributed by atoms with Gasteiger partial charge in [0, 0.05) is 31.8 Å². The number of nitrogens with one attached hydrogen (secondary N) is 1. The molecule has 0 bridgehead atoms. The standard InChI is InChI=1S/C27H35N3O6/c1-35-24-18-20(6-10-22(24)31)8-12-26(33)29-15-5-17-30(16-4-3-14-28)27(34)13-9-21-7-11-23(32)25(19-21)36-2/h6-13,18-19,31-32H,3-5,14-17,28H2,1-2H3,(H,29,33). The summed E-state index contributed by atoms with van der Waals surface area (Å²) in [7, 11) is 2.92. The molecule has 0 saturated carbocycles. The Balaban J connectivity index is 1.88. The molecule has 0 spiro atoms. The van der Waals surface area contributed by atoms with Gasteiger partial charge < -0.3 is 35.6 Å². The molecule has 0 aliphatic carbocycles. The average Bonchev–Trinajstić information content (AvgIpc) is 2.88. The van der Waals surface area contributed by atoms with E-state index in [0.29, 0.717) is 44.1 Å². The summed E-state index contributed by atoms with van der Waals surface area (Å²) in [5.74, 6) is 0.316. The highest BCUT2D eigenvalue weighted by atomic mass is 16.5. The maximum atomic E-state index is 12.8. The third-order valence-electron chi connectivity index (χ3n) is 5.35. The van der Waals surface area contributed by atoms with E-state index in [1.807, 2.05) is 0 Å². The molecule has 9 nitrogen and oxygen atoms in total. The van der Waals surface area contributed by atoms with Gasteiger partial charge in [-0.25, -0.2) is 0 Å². The van der Waals surface area contributed by atoms with E-state index in [4.69, 9.17) is 15.2 Å². The van der Waals surface area contributed by atoms with Gasteiger partial charge in [0.05, 0.1) is 14.2 Å². The Labute approximate surface area is 211 Å². The van der Waals surface area contributed by atoms with Crippen LogP contribution in [0, 0.1) is 0 Å². The van der Waals surface area contributed by atoms with Gasteiger partial charge in [-0.2, -0.15) is 0 Å². The highest BCUT2D eigenvalue weighted by molar-refractivity contribution is 5.92. The monoisotopic (exact) mass is 497 g/mol. The molecule has 0 aliphatic rings. The van der Waals surface area contributed by atoms with Crippen LogP contribution in [0.2, 0.25) is 0 Å². The molecule has 5 N–H and O–H groups in total. The smallest absolute Gasteiger partial charge is 0.246 e. The molecule has 2 amide bonds. The minimum atomic E-state index is -0.260. The maximum Gasteiger partial charge on any atom is 0.246 e. The number of ether oxygens (including phenoxy) is 2. The van der Waals surface area contributed by atoms with Gasteiger partial charge in [0.25, 0.3) is 0 Å². The van der Waals surface area contributed by atoms with Crippen molar-refractivity contribution in [3.8, 4) is 23.0 Å². The molecule has 194 valence electrons. The zero-order valence-corrected chi connectivity index (χ0v) is 20.8. The third kappa shape index (κ3) is 9.34. The number of rotatable bonds is 14. The SMILES string of the molecule is COc1cc(C=CC(=O)NCCCN(CCCCN)C(=O)C=Cc2ccc(O)c(OC)c2)ccc1O. The zero-order valence-electron chi connectivity index (χ0n) is 20.8. The summed E-state index contributed by atoms with van der Waals surface area (Å²) in [6.45, 7) is 2.00. The van der Waals surface area contributed by atoms with Gasteiger partial charge in [-0.3, -0.25) is 9.59 Å². The molecule has 0 saturated heterocycles. The fourth-order valence-electron chi connectivity index (χ4n) is 3.36. The van der Waals surface area contributed by atoms with Crippen LogP contribution in [-0.4, -0.2) is 67.3 Å². The molecule has 0 aromatic heterocycles. The second-order valence-corrected chi connectivity index (χ2v) is 7.99. The van der Waals surface area contributed by atoms with Crippen molar-refractivity contribution in [3.05, 3.63) is 59.7 Å². The third-order valence-corrected chi connectivity index (χ3v) is 5.35. The van der Waals surface area contributed by atoms with Crippen LogP contribution >= 0.6 is 0 Å². The Hall–Kier alpha value is -3.98. The van der Waals surface area contributed by atoms with E-state index in [0.717, 1.165) is 24.0 Å². The number of hydrogen-bond donors (Lipinski definition) is 4. The molecule has 0 radical (unpaired) electrons. The number of hydrogen-bond acceptors (Lipinski definition) is 7. The lowest BCUT2D eigenvalue weighted by Crippen LogP contribution is -2.34. The Morgan fingerprint density at radius 2 is 1.44 bits per heavy atom. The number of benzene rings is 2. The van der Waals surface area contributed by atoms with Crippen LogP contribution in [-0.2, 0) is 9.59 Å². The largest absolute Gasteiger partial charge is 0.504 e. The van der Waals surface area contributed by atoms with E-state index in [9.17, 15) is 19.8 Å². The molecule has 0 heterocycles. The zero-order chi connectivity index (χ0) is 26.3. The molecule has 0 unspecified atom stereocenters. The van der Waals surface area contributed by atoms with Crippen LogP contribution in [0.5, 0.6) is 23.0 Å². The van der Waals surface area contributed by atoms with Crippen LogP contribution in [0.15, 0.2) is 48.6 Å². The fourth-order valence-corrected chi connectivity index (χ4v) is 3.36. The van der Waals surface area contributed by atoms with Crippen molar-refractivity contribution >= 4 is 24.0 Å². The summed E-state index contributed by atoms with van der Waals surface area (Å²) in [6, 6.07) is 9.66. The highest BCUT2D eigenvalue weighted by Gasteiger charge is 2.11. The van der Waals surface area contributed by atoms with Gasteiger partial charge in [-0.15, -0.1) is 0 Å². The molecule has 0 fully saturated rings. The predicted molar refractivity (Wildman–Crippen MR) is 140 cm³/mol. The van der Waals surface area contributed by atoms with Crippen LogP contribution in [0.25, 0.3) is 12.2 Å². The Morgan fingerprint density at radius 3 is 2.00 bits per heavy atom. The quantitative estimate of drug-likeness (QED) is 0.233. The summed E-state index contributed by atoms with van der Waals surface area (Å²) in [6.07, 6.45) is 8.38. The molecule has 2 aromatic rings. The lowest BCUT2D eigenvalue weighted by atomic mass is 10.2. The summed E-state index contributed by atoms with van der Waals surface area (Å²) >= 11 is 0. The summed E-state index contributed by atoms with van der Waals surface area (Å²) in [5.41, 5.74) is 7.04. The van der Waals surface area contributed by atoms with Crippen molar-refractivity contribution in [1.29, 1.82) is 0 Å². The van der Waals surface area contributed by atoms with Gasteiger partial charge in [0.1, 0.15) is 0 Å². The number of methoxy groups -OCH3 is 2. The Kier molecular flexibility index (Phi) is 11.9. The highest BCUT2D eigenvalue weighted by Crippen LogP contribution is 2.27. The van der Waals surface area contributed by atoms with Crippen LogP contribution < -0.4 is 20.5 Å². The van der Waals surface area contributed by atoms with E-state index >= 15 is 0 Å². The number of phenols is 2. The number of nitrogens with zero attached hydrogens (tertiary/aromatic N) is 1. The summed E-state index contributed by atoms with van der Waals surface area (Å²) < 4.78 is 10.2. The van der Waals surface area contributed by atoms with E-state index in [1.54, 1.807) is 41.3 Å². The van der Waals surface area contributed by atoms with E-state index in [1.165, 1.54) is 38.5 Å². The first-order valence-corrected chi connectivity index (χ1v) is 11.7. The topological polar surface area (TPSA) is 134 Å². The van der Waals surface area contributed by atoms with E-state index in [2.05, 4.69) is 5.32 Å². The molecular weight excluding hydrogens is 462 g/mol. The van der Waals surface area contributed by atoms with Crippen molar-refractivity contribution in [1.82, 2.24) is 10.2 Å². The van der Waals surface area contributed by atoms with Crippen LogP contribution in [0.3, 0.4) is 0 Å². The Bertz CT molecular complexity index is 1070. The van der Waals surface area contributed by atoms with Crippen molar-refractivity contribution < 1.29 is 29.3 Å². The molecular formula is C27H35N3O6. The van der Waals surface area contributed by atoms with Crippen molar-refractivity contribution in [2.45, 2.75) is 19.3 Å². The number of amides is 2. The number of aromatic hydroxyl groups is 2. The minimum absolute atomic E-state index is 0.0299. The first-order valence-electron chi connectivity index (χ1n) is 11.7. The van der Waals surface area contributed by atoms with E-state index in [-0.39, 0.29) is 23.3 Å². The van der Waals surface area contributed by atoms with Crippen LogP contribution in [0.1, 0.15) is 30.4 Å². The molecule has 9 heteroatoms. The molecule has 2 aromatic carbocycles. The van der Waals surface area contributed by atoms with Crippen LogP contribution in [0.4, 0.5) is 0 Å². The van der Waals surface area contributed by atoms with Crippen molar-refractivity contribution in [3.63, 3.8) is 0 Å². The first-order chi connectivity index (χ1) is 17.4. The average molecular weight is 498 g/mol. The van der Waals surface area contributed by atoms with Gasteiger partial charge >= 0.3 is 0 Å². The summed E-state index contributed by atoms with van der Waals surface area (Å²) in [5, 5.41) is 22.2. The minimum Gasteiger partial charge on any atom is -0.504 e. The van der Waals surface area contributed by atoms with Gasteiger partial charge in [-0.1, -0.05) is 12.1 Å². The predicted octanol–water partition coefficient (Wildman–Crippen LogP) is 2.92. The normalized spacial score (nSPS) is 11.1. The number of phenolic OH excluding ortho intramolecular Hbond substituents is 2. The maximum absolute atomic E-state index is 12.8. The molecule has 0 aliphatic heterocycles. The van der Waals surface area contributed by atoms with Crippen molar-refractivity contribution in [2.24, 2.45) is 5.73 Å². The lowest BCUT2D eigenvalue weighted by molar-refractivity contribution is -0.126. The van der Waals surface area contributed by atoms with Gasteiger partial charge in [-0.05, 0) is 73.4 Å². The second-order valence-electron chi connectivity index (χ2n) is 7.99. The number of unbranched alkanes of at least 4 members (excludes halogenated alkanes) is 1. The van der Waals surface area contributed by atoms with Crippen molar-refractivity contribution in [2.75, 3.05) is 40.4 Å². The second kappa shape index (κ2) is 15.1. The number of carbonyl (C=O) groups is 2. The van der Waals surface area contributed by atoms with Gasteiger partial charge in [0.2, 0.25) is 11.8 Å². The van der Waals surface area contributed by atoms with E-state index < -0.39 is 0 Å². The number of nitrogens with two attached hydrogens (primary N) is 1.